The minimum absolute atomic E-state index is 0.148. The van der Waals surface area contributed by atoms with Gasteiger partial charge in [-0.25, -0.2) is 0 Å². The highest BCUT2D eigenvalue weighted by atomic mass is 79.9. The number of hydrogen-bond acceptors (Lipinski definition) is 2. The Morgan fingerprint density at radius 3 is 2.88 bits per heavy atom. The van der Waals surface area contributed by atoms with Crippen LogP contribution in [0.1, 0.15) is 12.0 Å². The van der Waals surface area contributed by atoms with Crippen LogP contribution in [0.2, 0.25) is 5.02 Å². The van der Waals surface area contributed by atoms with Crippen LogP contribution in [-0.2, 0) is 11.3 Å². The number of hydrogen-bond donors (Lipinski definition) is 1. The third kappa shape index (κ3) is 4.51. The van der Waals surface area contributed by atoms with Crippen LogP contribution in [0.5, 0.6) is 0 Å². The average Bonchev–Trinajstić information content (AvgIpc) is 2.20. The van der Waals surface area contributed by atoms with E-state index in [-0.39, 0.29) is 6.42 Å². The third-order valence-corrected chi connectivity index (χ3v) is 3.16. The van der Waals surface area contributed by atoms with Crippen molar-refractivity contribution in [2.75, 3.05) is 13.6 Å². The summed E-state index contributed by atoms with van der Waals surface area (Å²) < 4.78 is 0.985. The predicted octanol–water partition coefficient (Wildman–Crippen LogP) is 3.01. The van der Waals surface area contributed by atoms with Crippen molar-refractivity contribution in [3.63, 3.8) is 0 Å². The molecule has 1 aromatic rings. The molecule has 0 spiro atoms. The minimum Gasteiger partial charge on any atom is -0.481 e. The topological polar surface area (TPSA) is 40.5 Å². The molecule has 1 aromatic carbocycles. The first kappa shape index (κ1) is 13.5. The number of carbonyl (C=O) groups is 1. The van der Waals surface area contributed by atoms with Crippen LogP contribution in [-0.4, -0.2) is 29.6 Å². The zero-order chi connectivity index (χ0) is 12.1. The molecule has 1 rings (SSSR count). The smallest absolute Gasteiger partial charge is 0.304 e. The van der Waals surface area contributed by atoms with E-state index in [0.29, 0.717) is 18.1 Å². The molecule has 1 N–H and O–H groups in total. The Labute approximate surface area is 108 Å². The van der Waals surface area contributed by atoms with Crippen molar-refractivity contribution in [2.45, 2.75) is 13.0 Å². The van der Waals surface area contributed by atoms with Gasteiger partial charge in [0.1, 0.15) is 0 Å². The molecule has 0 saturated heterocycles. The molecule has 0 aliphatic heterocycles. The van der Waals surface area contributed by atoms with E-state index in [4.69, 9.17) is 16.7 Å². The van der Waals surface area contributed by atoms with E-state index in [0.717, 1.165) is 10.0 Å². The van der Waals surface area contributed by atoms with Crippen molar-refractivity contribution < 1.29 is 9.90 Å². The minimum atomic E-state index is -0.781. The van der Waals surface area contributed by atoms with Crippen LogP contribution in [0, 0.1) is 0 Å². The number of carboxylic acids is 1. The summed E-state index contributed by atoms with van der Waals surface area (Å²) in [7, 11) is 1.89. The molecule has 88 valence electrons. The second-order valence-corrected chi connectivity index (χ2v) is 4.91. The van der Waals surface area contributed by atoms with Gasteiger partial charge in [-0.3, -0.25) is 4.79 Å². The molecule has 5 heteroatoms. The fourth-order valence-electron chi connectivity index (χ4n) is 1.32. The largest absolute Gasteiger partial charge is 0.481 e. The summed E-state index contributed by atoms with van der Waals surface area (Å²) in [6.07, 6.45) is 0.148. The zero-order valence-corrected chi connectivity index (χ0v) is 11.3. The molecular weight excluding hydrogens is 293 g/mol. The van der Waals surface area contributed by atoms with Crippen LogP contribution >= 0.6 is 27.5 Å². The van der Waals surface area contributed by atoms with E-state index in [2.05, 4.69) is 15.9 Å². The highest BCUT2D eigenvalue weighted by Crippen LogP contribution is 2.22. The summed E-state index contributed by atoms with van der Waals surface area (Å²) in [6, 6.07) is 5.58. The Balaban J connectivity index is 2.58. The number of carboxylic acid groups (broad SMARTS) is 1. The van der Waals surface area contributed by atoms with E-state index < -0.39 is 5.97 Å². The normalized spacial score (nSPS) is 10.8. The van der Waals surface area contributed by atoms with Gasteiger partial charge in [0.2, 0.25) is 0 Å². The molecule has 0 saturated carbocycles. The lowest BCUT2D eigenvalue weighted by Crippen LogP contribution is -2.21. The predicted molar refractivity (Wildman–Crippen MR) is 67.7 cm³/mol. The highest BCUT2D eigenvalue weighted by molar-refractivity contribution is 9.10. The SMILES string of the molecule is CN(CCC(=O)O)Cc1cc(Cl)ccc1Br. The van der Waals surface area contributed by atoms with Crippen molar-refractivity contribution >= 4 is 33.5 Å². The molecule has 16 heavy (non-hydrogen) atoms. The Kier molecular flexibility index (Phi) is 5.25. The van der Waals surface area contributed by atoms with Crippen molar-refractivity contribution in [3.05, 3.63) is 33.3 Å². The Morgan fingerprint density at radius 1 is 1.56 bits per heavy atom. The van der Waals surface area contributed by atoms with Gasteiger partial charge in [0, 0.05) is 22.6 Å². The second kappa shape index (κ2) is 6.23. The lowest BCUT2D eigenvalue weighted by Gasteiger charge is -2.16. The van der Waals surface area contributed by atoms with E-state index in [1.807, 2.05) is 30.1 Å². The van der Waals surface area contributed by atoms with Gasteiger partial charge in [0.15, 0.2) is 0 Å². The first-order chi connectivity index (χ1) is 7.49. The van der Waals surface area contributed by atoms with Gasteiger partial charge in [0.05, 0.1) is 6.42 Å². The molecule has 0 aliphatic carbocycles. The summed E-state index contributed by atoms with van der Waals surface area (Å²) in [6.45, 7) is 1.20. The lowest BCUT2D eigenvalue weighted by atomic mass is 10.2. The summed E-state index contributed by atoms with van der Waals surface area (Å²) in [5.74, 6) is -0.781. The molecule has 0 atom stereocenters. The van der Waals surface area contributed by atoms with E-state index in [9.17, 15) is 4.79 Å². The van der Waals surface area contributed by atoms with Gasteiger partial charge in [0.25, 0.3) is 0 Å². The quantitative estimate of drug-likeness (QED) is 0.909. The lowest BCUT2D eigenvalue weighted by molar-refractivity contribution is -0.137. The molecular formula is C11H13BrClNO2. The molecule has 0 aliphatic rings. The Bertz CT molecular complexity index is 384. The summed E-state index contributed by atoms with van der Waals surface area (Å²) in [5, 5.41) is 9.26. The van der Waals surface area contributed by atoms with Crippen LogP contribution in [0.15, 0.2) is 22.7 Å². The standard InChI is InChI=1S/C11H13BrClNO2/c1-14(5-4-11(15)16)7-8-6-9(13)2-3-10(8)12/h2-3,6H,4-5,7H2,1H3,(H,15,16). The monoisotopic (exact) mass is 305 g/mol. The van der Waals surface area contributed by atoms with Crippen LogP contribution in [0.25, 0.3) is 0 Å². The zero-order valence-electron chi connectivity index (χ0n) is 8.91. The van der Waals surface area contributed by atoms with Crippen molar-refractivity contribution in [2.24, 2.45) is 0 Å². The number of aliphatic carboxylic acids is 1. The summed E-state index contributed by atoms with van der Waals surface area (Å²) in [5.41, 5.74) is 1.06. The van der Waals surface area contributed by atoms with Crippen LogP contribution in [0.3, 0.4) is 0 Å². The molecule has 0 aromatic heterocycles. The summed E-state index contributed by atoms with van der Waals surface area (Å²) >= 11 is 9.33. The molecule has 0 heterocycles. The van der Waals surface area contributed by atoms with Gasteiger partial charge >= 0.3 is 5.97 Å². The van der Waals surface area contributed by atoms with Crippen molar-refractivity contribution in [3.8, 4) is 0 Å². The summed E-state index contributed by atoms with van der Waals surface area (Å²) in [4.78, 5) is 12.4. The molecule has 0 unspecified atom stereocenters. The number of nitrogens with zero attached hydrogens (tertiary/aromatic N) is 1. The van der Waals surface area contributed by atoms with Crippen LogP contribution in [0.4, 0.5) is 0 Å². The van der Waals surface area contributed by atoms with E-state index in [1.165, 1.54) is 0 Å². The molecule has 0 amide bonds. The Morgan fingerprint density at radius 2 is 2.25 bits per heavy atom. The first-order valence-electron chi connectivity index (χ1n) is 4.83. The maximum absolute atomic E-state index is 10.4. The number of halogens is 2. The molecule has 0 bridgehead atoms. The van der Waals surface area contributed by atoms with Gasteiger partial charge in [-0.15, -0.1) is 0 Å². The maximum Gasteiger partial charge on any atom is 0.304 e. The number of benzene rings is 1. The fraction of sp³-hybridized carbons (Fsp3) is 0.364. The van der Waals surface area contributed by atoms with Crippen molar-refractivity contribution in [1.82, 2.24) is 4.90 Å². The maximum atomic E-state index is 10.4. The fourth-order valence-corrected chi connectivity index (χ4v) is 1.89. The molecule has 0 radical (unpaired) electrons. The van der Waals surface area contributed by atoms with Crippen molar-refractivity contribution in [1.29, 1.82) is 0 Å². The van der Waals surface area contributed by atoms with Gasteiger partial charge < -0.3 is 10.0 Å². The first-order valence-corrected chi connectivity index (χ1v) is 6.00. The van der Waals surface area contributed by atoms with Crippen LogP contribution < -0.4 is 0 Å². The Hall–Kier alpha value is -0.580. The third-order valence-electron chi connectivity index (χ3n) is 2.16. The van der Waals surface area contributed by atoms with E-state index >= 15 is 0 Å². The molecule has 0 fully saturated rings. The van der Waals surface area contributed by atoms with Gasteiger partial charge in [-0.05, 0) is 30.8 Å². The van der Waals surface area contributed by atoms with Gasteiger partial charge in [-0.2, -0.15) is 0 Å². The highest BCUT2D eigenvalue weighted by Gasteiger charge is 2.06. The number of rotatable bonds is 5. The van der Waals surface area contributed by atoms with E-state index in [1.54, 1.807) is 0 Å². The average molecular weight is 307 g/mol. The second-order valence-electron chi connectivity index (χ2n) is 3.62. The molecule has 3 nitrogen and oxygen atoms in total. The van der Waals surface area contributed by atoms with Gasteiger partial charge in [-0.1, -0.05) is 27.5 Å².